The van der Waals surface area contributed by atoms with Crippen molar-refractivity contribution in [3.8, 4) is 0 Å². The molecule has 0 radical (unpaired) electrons. The summed E-state index contributed by atoms with van der Waals surface area (Å²) in [5, 5.41) is 8.98. The number of amides is 1. The molecule has 2 atom stereocenters. The fraction of sp³-hybridized carbons (Fsp3) is 0.818. The maximum atomic E-state index is 11.4. The van der Waals surface area contributed by atoms with Gasteiger partial charge in [-0.2, -0.15) is 0 Å². The summed E-state index contributed by atoms with van der Waals surface area (Å²) in [6, 6.07) is 0.192. The molecule has 84 valence electrons. The number of carbonyl (C=O) groups excluding carboxylic acids is 1. The number of hydrogen-bond donors (Lipinski definition) is 1. The summed E-state index contributed by atoms with van der Waals surface area (Å²) in [7, 11) is 0. The van der Waals surface area contributed by atoms with Crippen LogP contribution in [0.25, 0.3) is 0 Å². The lowest BCUT2D eigenvalue weighted by Gasteiger charge is -2.38. The lowest BCUT2D eigenvalue weighted by Crippen LogP contribution is -2.47. The van der Waals surface area contributed by atoms with Crippen LogP contribution in [0.3, 0.4) is 0 Å². The quantitative estimate of drug-likeness (QED) is 0.744. The molecule has 4 heteroatoms. The molecular weight excluding hydrogens is 194 g/mol. The molecule has 0 aromatic carbocycles. The Morgan fingerprint density at radius 1 is 1.27 bits per heavy atom. The monoisotopic (exact) mass is 211 g/mol. The highest BCUT2D eigenvalue weighted by Crippen LogP contribution is 2.40. The van der Waals surface area contributed by atoms with Gasteiger partial charge in [0.15, 0.2) is 0 Å². The molecule has 0 spiro atoms. The van der Waals surface area contributed by atoms with Gasteiger partial charge in [-0.05, 0) is 31.6 Å². The van der Waals surface area contributed by atoms with Crippen molar-refractivity contribution >= 4 is 11.9 Å². The molecule has 1 aliphatic carbocycles. The number of piperidine rings is 1. The van der Waals surface area contributed by atoms with Crippen LogP contribution in [0.4, 0.5) is 0 Å². The van der Waals surface area contributed by atoms with Crippen LogP contribution in [0.5, 0.6) is 0 Å². The Kier molecular flexibility index (Phi) is 2.67. The fourth-order valence-electron chi connectivity index (χ4n) is 2.54. The van der Waals surface area contributed by atoms with Crippen molar-refractivity contribution in [2.75, 3.05) is 6.54 Å². The lowest BCUT2D eigenvalue weighted by molar-refractivity contribution is -0.147. The Morgan fingerprint density at radius 2 is 1.93 bits per heavy atom. The van der Waals surface area contributed by atoms with Crippen molar-refractivity contribution < 1.29 is 14.7 Å². The van der Waals surface area contributed by atoms with Crippen LogP contribution in [0.2, 0.25) is 0 Å². The second kappa shape index (κ2) is 3.83. The van der Waals surface area contributed by atoms with Crippen LogP contribution in [-0.4, -0.2) is 34.5 Å². The number of aliphatic carboxylic acids is 1. The number of hydrogen-bond acceptors (Lipinski definition) is 2. The maximum absolute atomic E-state index is 11.4. The Balaban J connectivity index is 2.05. The van der Waals surface area contributed by atoms with Crippen molar-refractivity contribution in [1.29, 1.82) is 0 Å². The van der Waals surface area contributed by atoms with Gasteiger partial charge in [0.1, 0.15) is 0 Å². The van der Waals surface area contributed by atoms with E-state index in [0.717, 1.165) is 12.8 Å². The summed E-state index contributed by atoms with van der Waals surface area (Å²) in [6.07, 6.45) is 3.57. The summed E-state index contributed by atoms with van der Waals surface area (Å²) >= 11 is 0. The molecule has 0 aromatic rings. The first-order valence-electron chi connectivity index (χ1n) is 5.59. The molecule has 0 bridgehead atoms. The number of likely N-dealkylation sites (tertiary alicyclic amines) is 1. The van der Waals surface area contributed by atoms with Gasteiger partial charge in [0.2, 0.25) is 5.91 Å². The van der Waals surface area contributed by atoms with Gasteiger partial charge in [0, 0.05) is 19.5 Å². The third kappa shape index (κ3) is 2.13. The molecular formula is C11H17NO3. The first-order valence-corrected chi connectivity index (χ1v) is 5.59. The Hall–Kier alpha value is -1.06. The average Bonchev–Trinajstić information content (AvgIpc) is 2.99. The second-order valence-corrected chi connectivity index (χ2v) is 4.68. The molecule has 4 nitrogen and oxygen atoms in total. The molecule has 1 aliphatic heterocycles. The van der Waals surface area contributed by atoms with Crippen molar-refractivity contribution in [3.63, 3.8) is 0 Å². The first-order chi connectivity index (χ1) is 7.09. The molecule has 2 rings (SSSR count). The van der Waals surface area contributed by atoms with Crippen LogP contribution in [0.1, 0.15) is 32.6 Å². The normalized spacial score (nSPS) is 31.4. The van der Waals surface area contributed by atoms with E-state index in [1.54, 1.807) is 6.92 Å². The maximum Gasteiger partial charge on any atom is 0.306 e. The Labute approximate surface area is 89.3 Å². The Bertz CT molecular complexity index is 286. The zero-order valence-electron chi connectivity index (χ0n) is 8.98. The van der Waals surface area contributed by atoms with Gasteiger partial charge in [-0.25, -0.2) is 0 Å². The van der Waals surface area contributed by atoms with Gasteiger partial charge in [-0.1, -0.05) is 0 Å². The minimum absolute atomic E-state index is 0.0933. The zero-order valence-corrected chi connectivity index (χ0v) is 8.98. The van der Waals surface area contributed by atoms with Gasteiger partial charge in [0.25, 0.3) is 0 Å². The molecule has 1 amide bonds. The van der Waals surface area contributed by atoms with Gasteiger partial charge in [-0.15, -0.1) is 0 Å². The molecule has 15 heavy (non-hydrogen) atoms. The van der Waals surface area contributed by atoms with Crippen molar-refractivity contribution in [2.24, 2.45) is 11.8 Å². The number of carboxylic acid groups (broad SMARTS) is 1. The number of carboxylic acids is 1. The smallest absolute Gasteiger partial charge is 0.306 e. The van der Waals surface area contributed by atoms with Gasteiger partial charge in [-0.3, -0.25) is 9.59 Å². The van der Waals surface area contributed by atoms with Crippen LogP contribution >= 0.6 is 0 Å². The van der Waals surface area contributed by atoms with Gasteiger partial charge in [0.05, 0.1) is 5.92 Å². The van der Waals surface area contributed by atoms with Gasteiger partial charge >= 0.3 is 5.97 Å². The third-order valence-corrected chi connectivity index (χ3v) is 3.56. The predicted octanol–water partition coefficient (Wildman–Crippen LogP) is 1.11. The van der Waals surface area contributed by atoms with Crippen LogP contribution in [0, 0.1) is 11.8 Å². The van der Waals surface area contributed by atoms with E-state index in [1.165, 1.54) is 0 Å². The van der Waals surface area contributed by atoms with E-state index in [-0.39, 0.29) is 17.9 Å². The van der Waals surface area contributed by atoms with Crippen molar-refractivity contribution in [1.82, 2.24) is 4.90 Å². The van der Waals surface area contributed by atoms with Gasteiger partial charge < -0.3 is 10.0 Å². The van der Waals surface area contributed by atoms with E-state index < -0.39 is 5.97 Å². The minimum atomic E-state index is -0.705. The van der Waals surface area contributed by atoms with Crippen LogP contribution in [-0.2, 0) is 9.59 Å². The van der Waals surface area contributed by atoms with E-state index in [2.05, 4.69) is 0 Å². The topological polar surface area (TPSA) is 57.6 Å². The molecule has 1 heterocycles. The molecule has 2 fully saturated rings. The molecule has 1 saturated heterocycles. The molecule has 1 N–H and O–H groups in total. The standard InChI is InChI=1S/C11H17NO3/c1-7(13)12-5-4-9(11(14)15)6-10(12)8-2-3-8/h8-10H,2-6H2,1H3,(H,14,15). The predicted molar refractivity (Wildman–Crippen MR) is 54.3 cm³/mol. The number of carbonyl (C=O) groups is 2. The van der Waals surface area contributed by atoms with E-state index in [9.17, 15) is 9.59 Å². The number of rotatable bonds is 2. The lowest BCUT2D eigenvalue weighted by atomic mass is 9.88. The van der Waals surface area contributed by atoms with E-state index in [0.29, 0.717) is 25.3 Å². The SMILES string of the molecule is CC(=O)N1CCC(C(=O)O)CC1C1CC1. The highest BCUT2D eigenvalue weighted by molar-refractivity contribution is 5.75. The van der Waals surface area contributed by atoms with E-state index in [4.69, 9.17) is 5.11 Å². The third-order valence-electron chi connectivity index (χ3n) is 3.56. The number of nitrogens with zero attached hydrogens (tertiary/aromatic N) is 1. The fourth-order valence-corrected chi connectivity index (χ4v) is 2.54. The minimum Gasteiger partial charge on any atom is -0.481 e. The molecule has 0 aromatic heterocycles. The Morgan fingerprint density at radius 3 is 2.40 bits per heavy atom. The summed E-state index contributed by atoms with van der Waals surface area (Å²) in [6.45, 7) is 2.20. The van der Waals surface area contributed by atoms with E-state index in [1.807, 2.05) is 4.90 Å². The van der Waals surface area contributed by atoms with Crippen molar-refractivity contribution in [3.05, 3.63) is 0 Å². The second-order valence-electron chi connectivity index (χ2n) is 4.68. The summed E-state index contributed by atoms with van der Waals surface area (Å²) in [5.41, 5.74) is 0. The molecule has 1 saturated carbocycles. The zero-order chi connectivity index (χ0) is 11.0. The van der Waals surface area contributed by atoms with Crippen LogP contribution in [0.15, 0.2) is 0 Å². The summed E-state index contributed by atoms with van der Waals surface area (Å²) in [4.78, 5) is 24.2. The highest BCUT2D eigenvalue weighted by atomic mass is 16.4. The van der Waals surface area contributed by atoms with Crippen molar-refractivity contribution in [2.45, 2.75) is 38.6 Å². The largest absolute Gasteiger partial charge is 0.481 e. The first kappa shape index (κ1) is 10.5. The molecule has 2 unspecified atom stereocenters. The summed E-state index contributed by atoms with van der Waals surface area (Å²) in [5.74, 6) is -0.290. The average molecular weight is 211 g/mol. The van der Waals surface area contributed by atoms with E-state index >= 15 is 0 Å². The molecule has 2 aliphatic rings. The van der Waals surface area contributed by atoms with Crippen LogP contribution < -0.4 is 0 Å². The highest BCUT2D eigenvalue weighted by Gasteiger charge is 2.41. The summed E-state index contributed by atoms with van der Waals surface area (Å²) < 4.78 is 0.